The van der Waals surface area contributed by atoms with Crippen LogP contribution in [0.1, 0.15) is 19.8 Å². The first-order valence-corrected chi connectivity index (χ1v) is 8.75. The molecule has 3 rings (SSSR count). The predicted molar refractivity (Wildman–Crippen MR) is 79.4 cm³/mol. The lowest BCUT2D eigenvalue weighted by Gasteiger charge is -2.37. The highest BCUT2D eigenvalue weighted by molar-refractivity contribution is 7.89. The number of nitrogens with zero attached hydrogens (tertiary/aromatic N) is 2. The minimum atomic E-state index is -3.47. The molecule has 0 radical (unpaired) electrons. The van der Waals surface area contributed by atoms with Gasteiger partial charge in [-0.1, -0.05) is 23.7 Å². The molecule has 2 fully saturated rings. The maximum atomic E-state index is 12.6. The molecule has 1 aromatic carbocycles. The van der Waals surface area contributed by atoms with Crippen LogP contribution in [0.25, 0.3) is 0 Å². The van der Waals surface area contributed by atoms with Crippen molar-refractivity contribution >= 4 is 21.6 Å². The molecule has 0 spiro atoms. The lowest BCUT2D eigenvalue weighted by Crippen LogP contribution is -2.52. The number of hydrogen-bond acceptors (Lipinski definition) is 3. The average molecular weight is 315 g/mol. The highest BCUT2D eigenvalue weighted by atomic mass is 35.5. The van der Waals surface area contributed by atoms with Crippen LogP contribution in [0.2, 0.25) is 5.02 Å². The van der Waals surface area contributed by atoms with Gasteiger partial charge in [0.25, 0.3) is 0 Å². The fourth-order valence-corrected chi connectivity index (χ4v) is 4.67. The summed E-state index contributed by atoms with van der Waals surface area (Å²) >= 11 is 6.02. The van der Waals surface area contributed by atoms with E-state index in [9.17, 15) is 8.42 Å². The number of sulfonamides is 1. The van der Waals surface area contributed by atoms with E-state index in [0.29, 0.717) is 23.7 Å². The monoisotopic (exact) mass is 314 g/mol. The van der Waals surface area contributed by atoms with E-state index in [0.717, 1.165) is 13.1 Å². The summed E-state index contributed by atoms with van der Waals surface area (Å²) in [6.45, 7) is 4.96. The number of rotatable bonds is 3. The standard InChI is InChI=1S/C14H19ClN2O2S/c1-14(6-7-14)16-8-10-17(11-9-16)20(18,19)13-5-3-2-4-12(13)15/h2-5H,6-11H2,1H3. The summed E-state index contributed by atoms with van der Waals surface area (Å²) in [5.41, 5.74) is 0.320. The van der Waals surface area contributed by atoms with Gasteiger partial charge in [-0.3, -0.25) is 4.90 Å². The van der Waals surface area contributed by atoms with Gasteiger partial charge in [0.1, 0.15) is 4.90 Å². The van der Waals surface area contributed by atoms with Crippen molar-refractivity contribution in [2.45, 2.75) is 30.2 Å². The number of hydrogen-bond donors (Lipinski definition) is 0. The minimum Gasteiger partial charge on any atom is -0.295 e. The molecule has 6 heteroatoms. The van der Waals surface area contributed by atoms with E-state index in [1.54, 1.807) is 28.6 Å². The second-order valence-electron chi connectivity index (χ2n) is 5.82. The van der Waals surface area contributed by atoms with Crippen LogP contribution in [0.4, 0.5) is 0 Å². The van der Waals surface area contributed by atoms with Gasteiger partial charge in [0, 0.05) is 31.7 Å². The Kier molecular flexibility index (Phi) is 3.57. The van der Waals surface area contributed by atoms with Crippen molar-refractivity contribution in [3.63, 3.8) is 0 Å². The molecule has 0 unspecified atom stereocenters. The Morgan fingerprint density at radius 2 is 1.70 bits per heavy atom. The predicted octanol–water partition coefficient (Wildman–Crippen LogP) is 2.20. The highest BCUT2D eigenvalue weighted by Crippen LogP contribution is 2.41. The fourth-order valence-electron chi connectivity index (χ4n) is 2.76. The molecule has 110 valence electrons. The molecule has 2 aliphatic rings. The third-order valence-corrected chi connectivity index (χ3v) is 6.83. The van der Waals surface area contributed by atoms with Gasteiger partial charge in [-0.25, -0.2) is 8.42 Å². The Balaban J connectivity index is 1.75. The van der Waals surface area contributed by atoms with Crippen LogP contribution in [0.3, 0.4) is 0 Å². The second-order valence-corrected chi connectivity index (χ2v) is 8.13. The van der Waals surface area contributed by atoms with Crippen molar-refractivity contribution in [2.24, 2.45) is 0 Å². The zero-order valence-corrected chi connectivity index (χ0v) is 13.1. The molecule has 0 amide bonds. The summed E-state index contributed by atoms with van der Waals surface area (Å²) in [4.78, 5) is 2.62. The minimum absolute atomic E-state index is 0.216. The van der Waals surface area contributed by atoms with Gasteiger partial charge in [-0.2, -0.15) is 4.31 Å². The molecule has 1 aromatic rings. The number of halogens is 1. The van der Waals surface area contributed by atoms with Gasteiger partial charge in [0.15, 0.2) is 0 Å². The van der Waals surface area contributed by atoms with Crippen molar-refractivity contribution in [1.29, 1.82) is 0 Å². The number of benzene rings is 1. The van der Waals surface area contributed by atoms with Crippen molar-refractivity contribution in [3.05, 3.63) is 29.3 Å². The van der Waals surface area contributed by atoms with Crippen LogP contribution in [-0.4, -0.2) is 49.3 Å². The molecule has 1 aliphatic carbocycles. The lowest BCUT2D eigenvalue weighted by atomic mass is 10.2. The van der Waals surface area contributed by atoms with Crippen LogP contribution in [0.15, 0.2) is 29.2 Å². The molecule has 0 N–H and O–H groups in total. The van der Waals surface area contributed by atoms with Gasteiger partial charge >= 0.3 is 0 Å². The Hall–Kier alpha value is -0.620. The summed E-state index contributed by atoms with van der Waals surface area (Å²) in [6.07, 6.45) is 2.45. The second kappa shape index (κ2) is 4.98. The molecule has 1 aliphatic heterocycles. The SMILES string of the molecule is CC1(N2CCN(S(=O)(=O)c3ccccc3Cl)CC2)CC1. The lowest BCUT2D eigenvalue weighted by molar-refractivity contribution is 0.132. The fraction of sp³-hybridized carbons (Fsp3) is 0.571. The smallest absolute Gasteiger partial charge is 0.244 e. The van der Waals surface area contributed by atoms with E-state index in [1.807, 2.05) is 0 Å². The number of piperazine rings is 1. The Morgan fingerprint density at radius 3 is 2.25 bits per heavy atom. The molecule has 20 heavy (non-hydrogen) atoms. The van der Waals surface area contributed by atoms with E-state index in [1.165, 1.54) is 12.8 Å². The highest BCUT2D eigenvalue weighted by Gasteiger charge is 2.45. The summed E-state index contributed by atoms with van der Waals surface area (Å²) in [7, 11) is -3.47. The molecule has 1 saturated heterocycles. The summed E-state index contributed by atoms with van der Waals surface area (Å²) in [5.74, 6) is 0. The Bertz CT molecular complexity index is 605. The normalized spacial score (nSPS) is 23.7. The van der Waals surface area contributed by atoms with Crippen molar-refractivity contribution in [1.82, 2.24) is 9.21 Å². The molecular weight excluding hydrogens is 296 g/mol. The van der Waals surface area contributed by atoms with Crippen LogP contribution in [0.5, 0.6) is 0 Å². The summed E-state index contributed by atoms with van der Waals surface area (Å²) in [6, 6.07) is 6.65. The third kappa shape index (κ3) is 2.48. The first-order valence-electron chi connectivity index (χ1n) is 6.93. The van der Waals surface area contributed by atoms with Crippen LogP contribution >= 0.6 is 11.6 Å². The molecule has 1 saturated carbocycles. The maximum absolute atomic E-state index is 12.6. The summed E-state index contributed by atoms with van der Waals surface area (Å²) < 4.78 is 26.8. The van der Waals surface area contributed by atoms with Gasteiger partial charge in [0.05, 0.1) is 5.02 Å². The molecule has 4 nitrogen and oxygen atoms in total. The van der Waals surface area contributed by atoms with Crippen molar-refractivity contribution in [2.75, 3.05) is 26.2 Å². The first kappa shape index (κ1) is 14.3. The van der Waals surface area contributed by atoms with Gasteiger partial charge in [0.2, 0.25) is 10.0 Å². The van der Waals surface area contributed by atoms with Crippen LogP contribution < -0.4 is 0 Å². The zero-order chi connectivity index (χ0) is 14.4. The molecule has 0 atom stereocenters. The maximum Gasteiger partial charge on any atom is 0.244 e. The topological polar surface area (TPSA) is 40.6 Å². The van der Waals surface area contributed by atoms with Gasteiger partial charge in [-0.05, 0) is 31.9 Å². The average Bonchev–Trinajstić information content (AvgIpc) is 3.18. The van der Waals surface area contributed by atoms with Crippen molar-refractivity contribution in [3.8, 4) is 0 Å². The Morgan fingerprint density at radius 1 is 1.10 bits per heavy atom. The van der Waals surface area contributed by atoms with Crippen molar-refractivity contribution < 1.29 is 8.42 Å². The largest absolute Gasteiger partial charge is 0.295 e. The third-order valence-electron chi connectivity index (χ3n) is 4.43. The van der Waals surface area contributed by atoms with E-state index >= 15 is 0 Å². The quantitative estimate of drug-likeness (QED) is 0.859. The Labute approximate surface area is 125 Å². The van der Waals surface area contributed by atoms with E-state index in [4.69, 9.17) is 11.6 Å². The first-order chi connectivity index (χ1) is 9.43. The molecule has 1 heterocycles. The van der Waals surface area contributed by atoms with E-state index in [2.05, 4.69) is 11.8 Å². The van der Waals surface area contributed by atoms with E-state index in [-0.39, 0.29) is 4.90 Å². The van der Waals surface area contributed by atoms with Crippen LogP contribution in [0, 0.1) is 0 Å². The molecule has 0 bridgehead atoms. The van der Waals surface area contributed by atoms with Gasteiger partial charge < -0.3 is 0 Å². The zero-order valence-electron chi connectivity index (χ0n) is 11.5. The summed E-state index contributed by atoms with van der Waals surface area (Å²) in [5, 5.41) is 0.295. The van der Waals surface area contributed by atoms with Gasteiger partial charge in [-0.15, -0.1) is 0 Å². The molecular formula is C14H19ClN2O2S. The molecule has 0 aromatic heterocycles. The van der Waals surface area contributed by atoms with Crippen LogP contribution in [-0.2, 0) is 10.0 Å². The van der Waals surface area contributed by atoms with E-state index < -0.39 is 10.0 Å².